The third kappa shape index (κ3) is 5.06. The smallest absolute Gasteiger partial charge is 0.290 e. The van der Waals surface area contributed by atoms with Gasteiger partial charge in [0.05, 0.1) is 11.2 Å². The summed E-state index contributed by atoms with van der Waals surface area (Å²) in [4.78, 5) is 17.8. The molecule has 6 heteroatoms. The van der Waals surface area contributed by atoms with Crippen LogP contribution in [-0.2, 0) is 24.4 Å². The molecule has 0 saturated carbocycles. The molecule has 1 aromatic carbocycles. The molecule has 0 spiro atoms. The molecule has 174 valence electrons. The van der Waals surface area contributed by atoms with Gasteiger partial charge in [-0.3, -0.25) is 13.3 Å². The number of nitrogens with zero attached hydrogens (tertiary/aromatic N) is 3. The molecule has 32 heavy (non-hydrogen) atoms. The molecule has 0 radical (unpaired) electrons. The fraction of sp³-hybridized carbons (Fsp3) is 0.538. The lowest BCUT2D eigenvalue weighted by molar-refractivity contribution is 0.342. The minimum Gasteiger partial charge on any atom is -0.290 e. The first-order valence-electron chi connectivity index (χ1n) is 11.2. The van der Waals surface area contributed by atoms with Crippen LogP contribution in [0.3, 0.4) is 0 Å². The number of aromatic nitrogens is 3. The predicted octanol–water partition coefficient (Wildman–Crippen LogP) is 5.41. The number of pyridine rings is 1. The van der Waals surface area contributed by atoms with E-state index in [1.165, 1.54) is 0 Å². The van der Waals surface area contributed by atoms with Crippen LogP contribution < -0.4 is 5.69 Å². The van der Waals surface area contributed by atoms with Gasteiger partial charge in [-0.05, 0) is 68.4 Å². The van der Waals surface area contributed by atoms with Gasteiger partial charge in [-0.15, -0.1) is 0 Å². The summed E-state index contributed by atoms with van der Waals surface area (Å²) in [7, 11) is 0.875. The molecule has 0 aliphatic heterocycles. The molecule has 5 nitrogen and oxygen atoms in total. The van der Waals surface area contributed by atoms with E-state index in [0.717, 1.165) is 27.9 Å². The van der Waals surface area contributed by atoms with Gasteiger partial charge in [-0.2, -0.15) is 0 Å². The number of aryl methyl sites for hydroxylation is 2. The molecule has 3 aromatic rings. The molecule has 0 N–H and O–H groups in total. The van der Waals surface area contributed by atoms with Crippen LogP contribution in [0.2, 0.25) is 0 Å². The highest BCUT2D eigenvalue weighted by Gasteiger charge is 2.23. The second-order valence-corrected chi connectivity index (χ2v) is 13.4. The Bertz CT molecular complexity index is 1220. The molecule has 0 saturated heterocycles. The van der Waals surface area contributed by atoms with Gasteiger partial charge < -0.3 is 0 Å². The second kappa shape index (κ2) is 8.62. The largest absolute Gasteiger partial charge is 0.330 e. The molecule has 0 fully saturated rings. The summed E-state index contributed by atoms with van der Waals surface area (Å²) in [5, 5.41) is 0. The maximum absolute atomic E-state index is 12.9. The monoisotopic (exact) mass is 455 g/mol. The van der Waals surface area contributed by atoms with Crippen molar-refractivity contribution in [1.29, 1.82) is 0 Å². The van der Waals surface area contributed by atoms with Crippen LogP contribution in [0, 0.1) is 12.3 Å². The van der Waals surface area contributed by atoms with E-state index in [4.69, 9.17) is 4.98 Å². The molecule has 1 unspecified atom stereocenters. The average Bonchev–Trinajstić information content (AvgIpc) is 2.90. The van der Waals surface area contributed by atoms with Gasteiger partial charge >= 0.3 is 5.69 Å². The van der Waals surface area contributed by atoms with Crippen LogP contribution in [0.4, 0.5) is 0 Å². The van der Waals surface area contributed by atoms with Crippen LogP contribution in [0.15, 0.2) is 35.1 Å². The lowest BCUT2D eigenvalue weighted by Gasteiger charge is -2.21. The van der Waals surface area contributed by atoms with Crippen molar-refractivity contribution in [1.82, 2.24) is 14.1 Å². The quantitative estimate of drug-likeness (QED) is 0.517. The van der Waals surface area contributed by atoms with Crippen LogP contribution in [-0.4, -0.2) is 28.8 Å². The molecule has 2 atom stereocenters. The number of benzene rings is 1. The number of imidazole rings is 1. The Balaban J connectivity index is 2.04. The van der Waals surface area contributed by atoms with Gasteiger partial charge in [-0.1, -0.05) is 39.8 Å². The topological polar surface area (TPSA) is 56.9 Å². The van der Waals surface area contributed by atoms with Crippen LogP contribution in [0.5, 0.6) is 0 Å². The lowest BCUT2D eigenvalue weighted by atomic mass is 9.96. The lowest BCUT2D eigenvalue weighted by Crippen LogP contribution is -2.27. The Morgan fingerprint density at radius 2 is 1.72 bits per heavy atom. The number of hydrogen-bond acceptors (Lipinski definition) is 3. The summed E-state index contributed by atoms with van der Waals surface area (Å²) < 4.78 is 15.9. The van der Waals surface area contributed by atoms with Crippen LogP contribution in [0.25, 0.3) is 22.4 Å². The predicted molar refractivity (Wildman–Crippen MR) is 136 cm³/mol. The van der Waals surface area contributed by atoms with E-state index in [-0.39, 0.29) is 21.8 Å². The molecule has 2 heterocycles. The van der Waals surface area contributed by atoms with Crippen LogP contribution >= 0.6 is 0 Å². The van der Waals surface area contributed by atoms with Gasteiger partial charge in [-0.25, -0.2) is 9.78 Å². The van der Waals surface area contributed by atoms with Crippen molar-refractivity contribution in [2.24, 2.45) is 12.5 Å². The standard InChI is InChI=1S/C26H37N3O2S/c1-17-10-11-19(18(2)15-32(31)26(6,7)8)14-20(17)21-12-13-22-23(27-21)28(9)24(30)29(22)16-25(3,4)5/h10-14,18H,15-16H2,1-9H3/t18-,32?/m0/s1. The third-order valence-corrected chi connectivity index (χ3v) is 7.97. The maximum atomic E-state index is 12.9. The summed E-state index contributed by atoms with van der Waals surface area (Å²) in [6.45, 7) is 17.3. The maximum Gasteiger partial charge on any atom is 0.330 e. The zero-order chi connectivity index (χ0) is 24.0. The van der Waals surface area contributed by atoms with Crippen molar-refractivity contribution < 1.29 is 4.21 Å². The fourth-order valence-electron chi connectivity index (χ4n) is 3.85. The summed E-state index contributed by atoms with van der Waals surface area (Å²) >= 11 is 0. The molecule has 2 aromatic heterocycles. The Kier molecular flexibility index (Phi) is 6.58. The van der Waals surface area contributed by atoms with Gasteiger partial charge in [0.1, 0.15) is 0 Å². The normalized spacial score (nSPS) is 14.7. The first kappa shape index (κ1) is 24.4. The van der Waals surface area contributed by atoms with Crippen molar-refractivity contribution in [2.75, 3.05) is 5.75 Å². The first-order chi connectivity index (χ1) is 14.7. The molecule has 3 rings (SSSR count). The minimum absolute atomic E-state index is 0.00895. The van der Waals surface area contributed by atoms with Crippen molar-refractivity contribution in [3.63, 3.8) is 0 Å². The summed E-state index contributed by atoms with van der Waals surface area (Å²) in [6.07, 6.45) is 0. The Hall–Kier alpha value is -2.21. The first-order valence-corrected chi connectivity index (χ1v) is 12.6. The summed E-state index contributed by atoms with van der Waals surface area (Å²) in [6, 6.07) is 10.4. The van der Waals surface area contributed by atoms with E-state index in [1.54, 1.807) is 11.6 Å². The molecular weight excluding hydrogens is 418 g/mol. The van der Waals surface area contributed by atoms with Crippen molar-refractivity contribution >= 4 is 22.0 Å². The molecule has 0 amide bonds. The molecular formula is C26H37N3O2S. The van der Waals surface area contributed by atoms with Crippen molar-refractivity contribution in [3.05, 3.63) is 51.9 Å². The minimum atomic E-state index is -0.911. The summed E-state index contributed by atoms with van der Waals surface area (Å²) in [5.74, 6) is 0.804. The fourth-order valence-corrected chi connectivity index (χ4v) is 4.99. The van der Waals surface area contributed by atoms with E-state index in [2.05, 4.69) is 52.8 Å². The Labute approximate surface area is 194 Å². The van der Waals surface area contributed by atoms with E-state index in [9.17, 15) is 9.00 Å². The Morgan fingerprint density at radius 1 is 1.06 bits per heavy atom. The van der Waals surface area contributed by atoms with Crippen molar-refractivity contribution in [3.8, 4) is 11.3 Å². The zero-order valence-corrected chi connectivity index (χ0v) is 21.8. The highest BCUT2D eigenvalue weighted by atomic mass is 32.2. The van der Waals surface area contributed by atoms with Crippen LogP contribution in [0.1, 0.15) is 65.5 Å². The number of rotatable bonds is 5. The highest BCUT2D eigenvalue weighted by Crippen LogP contribution is 2.29. The zero-order valence-electron chi connectivity index (χ0n) is 20.9. The van der Waals surface area contributed by atoms with Gasteiger partial charge in [0.2, 0.25) is 0 Å². The van der Waals surface area contributed by atoms with Gasteiger partial charge in [0.15, 0.2) is 5.65 Å². The van der Waals surface area contributed by atoms with Gasteiger partial charge in [0.25, 0.3) is 0 Å². The van der Waals surface area contributed by atoms with Gasteiger partial charge in [0, 0.05) is 40.5 Å². The molecule has 0 bridgehead atoms. The van der Waals surface area contributed by atoms with E-state index >= 15 is 0 Å². The average molecular weight is 456 g/mol. The highest BCUT2D eigenvalue weighted by molar-refractivity contribution is 7.86. The second-order valence-electron chi connectivity index (χ2n) is 11.1. The Morgan fingerprint density at radius 3 is 2.31 bits per heavy atom. The molecule has 0 aliphatic carbocycles. The van der Waals surface area contributed by atoms with Crippen molar-refractivity contribution in [2.45, 2.75) is 72.6 Å². The SMILES string of the molecule is Cc1ccc([C@@H](C)CS(=O)C(C)(C)C)cc1-c1ccc2c(n1)n(C)c(=O)n2CC(C)(C)C. The number of fused-ring (bicyclic) bond motifs is 1. The van der Waals surface area contributed by atoms with E-state index in [1.807, 2.05) is 37.5 Å². The third-order valence-electron chi connectivity index (χ3n) is 5.80. The van der Waals surface area contributed by atoms with E-state index < -0.39 is 10.8 Å². The summed E-state index contributed by atoms with van der Waals surface area (Å²) in [5.41, 5.74) is 5.70. The molecule has 0 aliphatic rings. The van der Waals surface area contributed by atoms with E-state index in [0.29, 0.717) is 17.9 Å². The number of hydrogen-bond donors (Lipinski definition) is 0.